The van der Waals surface area contributed by atoms with Crippen molar-refractivity contribution in [1.82, 2.24) is 4.90 Å². The van der Waals surface area contributed by atoms with Crippen molar-refractivity contribution in [3.05, 3.63) is 46.4 Å². The van der Waals surface area contributed by atoms with Gasteiger partial charge in [-0.05, 0) is 41.5 Å². The predicted octanol–water partition coefficient (Wildman–Crippen LogP) is 3.98. The molecule has 0 saturated heterocycles. The third kappa shape index (κ3) is 3.17. The SMILES string of the molecule is CCCN(CC#N)C(=O)c1ccc2cc(Br)ccc2c1. The molecular formula is C16H15BrN2O. The van der Waals surface area contributed by atoms with E-state index >= 15 is 0 Å². The van der Waals surface area contributed by atoms with E-state index < -0.39 is 0 Å². The molecule has 20 heavy (non-hydrogen) atoms. The highest BCUT2D eigenvalue weighted by Crippen LogP contribution is 2.21. The average Bonchev–Trinajstić information content (AvgIpc) is 2.45. The van der Waals surface area contributed by atoms with Gasteiger partial charge in [-0.1, -0.05) is 35.0 Å². The first-order valence-corrected chi connectivity index (χ1v) is 7.30. The molecular weight excluding hydrogens is 316 g/mol. The summed E-state index contributed by atoms with van der Waals surface area (Å²) in [5.41, 5.74) is 0.628. The molecule has 0 fully saturated rings. The molecule has 0 saturated carbocycles. The number of carbonyl (C=O) groups excluding carboxylic acids is 1. The fourth-order valence-electron chi connectivity index (χ4n) is 2.14. The quantitative estimate of drug-likeness (QED) is 0.796. The van der Waals surface area contributed by atoms with Crippen LogP contribution in [0.3, 0.4) is 0 Å². The number of nitrogens with zero attached hydrogens (tertiary/aromatic N) is 2. The Balaban J connectivity index is 2.34. The molecule has 2 aromatic rings. The Morgan fingerprint density at radius 3 is 2.65 bits per heavy atom. The molecule has 0 radical (unpaired) electrons. The zero-order valence-electron chi connectivity index (χ0n) is 11.3. The van der Waals surface area contributed by atoms with Gasteiger partial charge in [-0.25, -0.2) is 0 Å². The van der Waals surface area contributed by atoms with Crippen LogP contribution in [0.25, 0.3) is 10.8 Å². The van der Waals surface area contributed by atoms with E-state index in [2.05, 4.69) is 15.9 Å². The highest BCUT2D eigenvalue weighted by atomic mass is 79.9. The molecule has 0 aliphatic carbocycles. The summed E-state index contributed by atoms with van der Waals surface area (Å²) in [4.78, 5) is 14.0. The van der Waals surface area contributed by atoms with Crippen LogP contribution in [0.1, 0.15) is 23.7 Å². The summed E-state index contributed by atoms with van der Waals surface area (Å²) < 4.78 is 1.01. The number of nitriles is 1. The van der Waals surface area contributed by atoms with Crippen molar-refractivity contribution in [2.75, 3.05) is 13.1 Å². The maximum Gasteiger partial charge on any atom is 0.254 e. The molecule has 1 amide bonds. The lowest BCUT2D eigenvalue weighted by molar-refractivity contribution is 0.0776. The molecule has 0 aromatic heterocycles. The third-order valence-corrected chi connectivity index (χ3v) is 3.58. The summed E-state index contributed by atoms with van der Waals surface area (Å²) in [5, 5.41) is 10.9. The summed E-state index contributed by atoms with van der Waals surface area (Å²) in [7, 11) is 0. The Hall–Kier alpha value is -1.86. The van der Waals surface area contributed by atoms with Crippen molar-refractivity contribution in [3.8, 4) is 6.07 Å². The number of amides is 1. The third-order valence-electron chi connectivity index (χ3n) is 3.09. The summed E-state index contributed by atoms with van der Waals surface area (Å²) >= 11 is 3.43. The van der Waals surface area contributed by atoms with E-state index in [0.29, 0.717) is 12.1 Å². The largest absolute Gasteiger partial charge is 0.325 e. The lowest BCUT2D eigenvalue weighted by atomic mass is 10.1. The molecule has 0 bridgehead atoms. The average molecular weight is 331 g/mol. The van der Waals surface area contributed by atoms with Crippen molar-refractivity contribution in [2.24, 2.45) is 0 Å². The fourth-order valence-corrected chi connectivity index (χ4v) is 2.52. The zero-order chi connectivity index (χ0) is 14.5. The van der Waals surface area contributed by atoms with Crippen molar-refractivity contribution >= 4 is 32.6 Å². The summed E-state index contributed by atoms with van der Waals surface area (Å²) in [6.45, 7) is 2.73. The molecule has 2 rings (SSSR count). The van der Waals surface area contributed by atoms with Gasteiger partial charge in [-0.15, -0.1) is 0 Å². The minimum absolute atomic E-state index is 0.0850. The normalized spacial score (nSPS) is 10.2. The van der Waals surface area contributed by atoms with Crippen LogP contribution in [0, 0.1) is 11.3 Å². The van der Waals surface area contributed by atoms with Crippen molar-refractivity contribution in [2.45, 2.75) is 13.3 Å². The van der Waals surface area contributed by atoms with Crippen LogP contribution in [0.5, 0.6) is 0 Å². The molecule has 4 heteroatoms. The van der Waals surface area contributed by atoms with Crippen molar-refractivity contribution in [3.63, 3.8) is 0 Å². The first-order chi connectivity index (χ1) is 9.65. The molecule has 2 aromatic carbocycles. The number of hydrogen-bond donors (Lipinski definition) is 0. The van der Waals surface area contributed by atoms with Gasteiger partial charge in [0.05, 0.1) is 6.07 Å². The first kappa shape index (κ1) is 14.5. The van der Waals surface area contributed by atoms with Gasteiger partial charge in [-0.3, -0.25) is 4.79 Å². The molecule has 0 spiro atoms. The Labute approximate surface area is 126 Å². The van der Waals surface area contributed by atoms with Gasteiger partial charge in [0.2, 0.25) is 0 Å². The van der Waals surface area contributed by atoms with Crippen LogP contribution in [0.2, 0.25) is 0 Å². The Bertz CT molecular complexity index is 676. The Kier molecular flexibility index (Phi) is 4.75. The van der Waals surface area contributed by atoms with Gasteiger partial charge in [0, 0.05) is 16.6 Å². The molecule has 0 N–H and O–H groups in total. The van der Waals surface area contributed by atoms with Gasteiger partial charge >= 0.3 is 0 Å². The monoisotopic (exact) mass is 330 g/mol. The summed E-state index contributed by atoms with van der Waals surface area (Å²) in [6, 6.07) is 13.6. The van der Waals surface area contributed by atoms with E-state index in [1.807, 2.05) is 49.4 Å². The maximum atomic E-state index is 12.4. The second-order valence-electron chi connectivity index (χ2n) is 4.59. The van der Waals surface area contributed by atoms with E-state index in [1.54, 1.807) is 4.90 Å². The number of benzene rings is 2. The second kappa shape index (κ2) is 6.53. The highest BCUT2D eigenvalue weighted by Gasteiger charge is 2.14. The minimum atomic E-state index is -0.0850. The van der Waals surface area contributed by atoms with E-state index in [1.165, 1.54) is 0 Å². The van der Waals surface area contributed by atoms with Crippen LogP contribution in [-0.2, 0) is 0 Å². The van der Waals surface area contributed by atoms with E-state index in [0.717, 1.165) is 21.7 Å². The van der Waals surface area contributed by atoms with Gasteiger partial charge < -0.3 is 4.90 Å². The number of rotatable bonds is 4. The van der Waals surface area contributed by atoms with E-state index in [-0.39, 0.29) is 12.5 Å². The molecule has 3 nitrogen and oxygen atoms in total. The van der Waals surface area contributed by atoms with E-state index in [9.17, 15) is 4.79 Å². The standard InChI is InChI=1S/C16H15BrN2O/c1-2-8-19(9-7-18)16(20)14-4-3-13-11-15(17)6-5-12(13)10-14/h3-6,10-11H,2,8-9H2,1H3. The molecule has 0 aliphatic rings. The fraction of sp³-hybridized carbons (Fsp3) is 0.250. The predicted molar refractivity (Wildman–Crippen MR) is 83.5 cm³/mol. The molecule has 0 heterocycles. The highest BCUT2D eigenvalue weighted by molar-refractivity contribution is 9.10. The lowest BCUT2D eigenvalue weighted by Crippen LogP contribution is -2.32. The second-order valence-corrected chi connectivity index (χ2v) is 5.51. The molecule has 0 atom stereocenters. The lowest BCUT2D eigenvalue weighted by Gasteiger charge is -2.18. The van der Waals surface area contributed by atoms with E-state index in [4.69, 9.17) is 5.26 Å². The Morgan fingerprint density at radius 1 is 1.25 bits per heavy atom. The summed E-state index contributed by atoms with van der Waals surface area (Å²) in [5.74, 6) is -0.0850. The van der Waals surface area contributed by atoms with Crippen molar-refractivity contribution in [1.29, 1.82) is 5.26 Å². The van der Waals surface area contributed by atoms with Crippen molar-refractivity contribution < 1.29 is 4.79 Å². The van der Waals surface area contributed by atoms with Crippen LogP contribution in [0.4, 0.5) is 0 Å². The topological polar surface area (TPSA) is 44.1 Å². The number of hydrogen-bond acceptors (Lipinski definition) is 2. The number of halogens is 1. The molecule has 102 valence electrons. The number of fused-ring (bicyclic) bond motifs is 1. The zero-order valence-corrected chi connectivity index (χ0v) is 12.9. The molecule has 0 unspecified atom stereocenters. The smallest absolute Gasteiger partial charge is 0.254 e. The maximum absolute atomic E-state index is 12.4. The Morgan fingerprint density at radius 2 is 1.95 bits per heavy atom. The number of carbonyl (C=O) groups is 1. The van der Waals surface area contributed by atoms with Gasteiger partial charge in [0.1, 0.15) is 6.54 Å². The van der Waals surface area contributed by atoms with Gasteiger partial charge in [-0.2, -0.15) is 5.26 Å². The first-order valence-electron chi connectivity index (χ1n) is 6.51. The molecule has 0 aliphatic heterocycles. The summed E-state index contributed by atoms with van der Waals surface area (Å²) in [6.07, 6.45) is 0.841. The van der Waals surface area contributed by atoms with Crippen LogP contribution < -0.4 is 0 Å². The van der Waals surface area contributed by atoms with Crippen LogP contribution >= 0.6 is 15.9 Å². The van der Waals surface area contributed by atoms with Crippen LogP contribution in [-0.4, -0.2) is 23.9 Å². The van der Waals surface area contributed by atoms with Gasteiger partial charge in [0.15, 0.2) is 0 Å². The van der Waals surface area contributed by atoms with Gasteiger partial charge in [0.25, 0.3) is 5.91 Å². The van der Waals surface area contributed by atoms with Crippen LogP contribution in [0.15, 0.2) is 40.9 Å². The minimum Gasteiger partial charge on any atom is -0.325 e.